The van der Waals surface area contributed by atoms with E-state index in [4.69, 9.17) is 4.74 Å². The van der Waals surface area contributed by atoms with Gasteiger partial charge < -0.3 is 9.84 Å². The van der Waals surface area contributed by atoms with E-state index in [0.717, 1.165) is 51.6 Å². The van der Waals surface area contributed by atoms with Crippen molar-refractivity contribution in [3.05, 3.63) is 0 Å². The van der Waals surface area contributed by atoms with Crippen LogP contribution in [-0.2, 0) is 9.53 Å². The van der Waals surface area contributed by atoms with Crippen molar-refractivity contribution in [2.75, 3.05) is 6.61 Å². The van der Waals surface area contributed by atoms with E-state index in [1.807, 2.05) is 0 Å². The topological polar surface area (TPSA) is 46.5 Å². The summed E-state index contributed by atoms with van der Waals surface area (Å²) in [4.78, 5) is 12.3. The Morgan fingerprint density at radius 3 is 2.78 bits per heavy atom. The zero-order valence-electron chi connectivity index (χ0n) is 11.4. The number of aliphatic hydroxyl groups is 1. The van der Waals surface area contributed by atoms with Gasteiger partial charge in [0.1, 0.15) is 5.78 Å². The first-order valence-electron chi connectivity index (χ1n) is 7.54. The largest absolute Gasteiger partial charge is 0.393 e. The first kappa shape index (κ1) is 14.0. The van der Waals surface area contributed by atoms with Gasteiger partial charge in [-0.2, -0.15) is 0 Å². The molecule has 1 saturated heterocycles. The number of hydrogen-bond acceptors (Lipinski definition) is 3. The monoisotopic (exact) mass is 254 g/mol. The number of hydrogen-bond donors (Lipinski definition) is 1. The maximum atomic E-state index is 12.3. The van der Waals surface area contributed by atoms with Crippen molar-refractivity contribution in [2.45, 2.75) is 70.5 Å². The van der Waals surface area contributed by atoms with Crippen LogP contribution in [0, 0.1) is 11.8 Å². The van der Waals surface area contributed by atoms with E-state index in [1.165, 1.54) is 0 Å². The number of rotatable bonds is 6. The molecule has 2 aliphatic rings. The highest BCUT2D eigenvalue weighted by Crippen LogP contribution is 2.35. The second kappa shape index (κ2) is 6.67. The van der Waals surface area contributed by atoms with E-state index in [-0.39, 0.29) is 17.9 Å². The zero-order valence-corrected chi connectivity index (χ0v) is 11.4. The fourth-order valence-electron chi connectivity index (χ4n) is 3.42. The smallest absolute Gasteiger partial charge is 0.139 e. The lowest BCUT2D eigenvalue weighted by molar-refractivity contribution is -0.125. The molecule has 1 aliphatic heterocycles. The minimum Gasteiger partial charge on any atom is -0.393 e. The predicted molar refractivity (Wildman–Crippen MR) is 70.3 cm³/mol. The minimum absolute atomic E-state index is 0.109. The number of carbonyl (C=O) groups excluding carboxylic acids is 1. The van der Waals surface area contributed by atoms with E-state index >= 15 is 0 Å². The average molecular weight is 254 g/mol. The normalized spacial score (nSPS) is 34.1. The molecule has 4 atom stereocenters. The molecule has 2 rings (SSSR count). The van der Waals surface area contributed by atoms with Crippen LogP contribution in [0.25, 0.3) is 0 Å². The molecular formula is C15H26O3. The van der Waals surface area contributed by atoms with Crippen molar-refractivity contribution in [2.24, 2.45) is 11.8 Å². The standard InChI is InChI=1S/C15H26O3/c1-2-4-13(16)9-11-6-7-12(15(11)17)10-14-5-3-8-18-14/h11-14,16H,2-10H2,1H3. The van der Waals surface area contributed by atoms with E-state index in [2.05, 4.69) is 6.92 Å². The van der Waals surface area contributed by atoms with Gasteiger partial charge >= 0.3 is 0 Å². The first-order valence-corrected chi connectivity index (χ1v) is 7.54. The summed E-state index contributed by atoms with van der Waals surface area (Å²) < 4.78 is 5.62. The highest BCUT2D eigenvalue weighted by atomic mass is 16.5. The van der Waals surface area contributed by atoms with Crippen molar-refractivity contribution in [1.82, 2.24) is 0 Å². The van der Waals surface area contributed by atoms with E-state index in [1.54, 1.807) is 0 Å². The maximum Gasteiger partial charge on any atom is 0.139 e. The molecule has 2 fully saturated rings. The Morgan fingerprint density at radius 2 is 2.11 bits per heavy atom. The van der Waals surface area contributed by atoms with Gasteiger partial charge in [0.2, 0.25) is 0 Å². The predicted octanol–water partition coefficient (Wildman–Crippen LogP) is 2.70. The fraction of sp³-hybridized carbons (Fsp3) is 0.933. The Balaban J connectivity index is 1.77. The van der Waals surface area contributed by atoms with Crippen molar-refractivity contribution in [1.29, 1.82) is 0 Å². The summed E-state index contributed by atoms with van der Waals surface area (Å²) >= 11 is 0. The second-order valence-corrected chi connectivity index (χ2v) is 5.92. The van der Waals surface area contributed by atoms with Crippen LogP contribution in [0.1, 0.15) is 58.3 Å². The van der Waals surface area contributed by atoms with Gasteiger partial charge in [-0.15, -0.1) is 0 Å². The van der Waals surface area contributed by atoms with Crippen LogP contribution in [0.2, 0.25) is 0 Å². The molecule has 0 spiro atoms. The van der Waals surface area contributed by atoms with Crippen LogP contribution in [-0.4, -0.2) is 29.7 Å². The Hall–Kier alpha value is -0.410. The summed E-state index contributed by atoms with van der Waals surface area (Å²) in [5, 5.41) is 9.82. The van der Waals surface area contributed by atoms with Crippen molar-refractivity contribution < 1.29 is 14.6 Å². The SMILES string of the molecule is CCCC(O)CC1CCC(CC2CCCO2)C1=O. The fourth-order valence-corrected chi connectivity index (χ4v) is 3.42. The molecule has 0 bridgehead atoms. The van der Waals surface area contributed by atoms with Crippen molar-refractivity contribution >= 4 is 5.78 Å². The third-order valence-corrected chi connectivity index (χ3v) is 4.42. The lowest BCUT2D eigenvalue weighted by Gasteiger charge is -2.16. The van der Waals surface area contributed by atoms with E-state index in [0.29, 0.717) is 18.3 Å². The molecule has 3 heteroatoms. The van der Waals surface area contributed by atoms with Crippen LogP contribution in [0.4, 0.5) is 0 Å². The lowest BCUT2D eigenvalue weighted by atomic mass is 9.92. The quantitative estimate of drug-likeness (QED) is 0.792. The van der Waals surface area contributed by atoms with Gasteiger partial charge in [-0.25, -0.2) is 0 Å². The Morgan fingerprint density at radius 1 is 1.33 bits per heavy atom. The van der Waals surface area contributed by atoms with Crippen LogP contribution >= 0.6 is 0 Å². The van der Waals surface area contributed by atoms with Crippen molar-refractivity contribution in [3.63, 3.8) is 0 Å². The average Bonchev–Trinajstić information content (AvgIpc) is 2.95. The Bertz CT molecular complexity index is 271. The summed E-state index contributed by atoms with van der Waals surface area (Å²) in [7, 11) is 0. The molecule has 3 nitrogen and oxygen atoms in total. The Labute approximate surface area is 110 Å². The molecule has 0 radical (unpaired) electrons. The molecule has 104 valence electrons. The minimum atomic E-state index is -0.287. The summed E-state index contributed by atoms with van der Waals surface area (Å²) in [6.07, 6.45) is 7.66. The third kappa shape index (κ3) is 3.55. The van der Waals surface area contributed by atoms with Gasteiger partial charge in [-0.1, -0.05) is 13.3 Å². The van der Waals surface area contributed by atoms with Gasteiger partial charge in [0.25, 0.3) is 0 Å². The molecule has 0 aromatic heterocycles. The molecular weight excluding hydrogens is 228 g/mol. The third-order valence-electron chi connectivity index (χ3n) is 4.42. The van der Waals surface area contributed by atoms with Gasteiger partial charge in [0.15, 0.2) is 0 Å². The summed E-state index contributed by atoms with van der Waals surface area (Å²) in [5.41, 5.74) is 0. The molecule has 18 heavy (non-hydrogen) atoms. The number of carbonyl (C=O) groups is 1. The van der Waals surface area contributed by atoms with Crippen LogP contribution in [0.3, 0.4) is 0 Å². The summed E-state index contributed by atoms with van der Waals surface area (Å²) in [6, 6.07) is 0. The zero-order chi connectivity index (χ0) is 13.0. The second-order valence-electron chi connectivity index (χ2n) is 5.92. The number of ketones is 1. The molecule has 0 aromatic carbocycles. The van der Waals surface area contributed by atoms with Gasteiger partial charge in [-0.05, 0) is 44.9 Å². The van der Waals surface area contributed by atoms with Gasteiger partial charge in [0, 0.05) is 18.4 Å². The van der Waals surface area contributed by atoms with Crippen LogP contribution in [0.15, 0.2) is 0 Å². The van der Waals surface area contributed by atoms with E-state index in [9.17, 15) is 9.90 Å². The van der Waals surface area contributed by atoms with Crippen LogP contribution < -0.4 is 0 Å². The highest BCUT2D eigenvalue weighted by molar-refractivity contribution is 5.85. The van der Waals surface area contributed by atoms with Gasteiger partial charge in [0.05, 0.1) is 12.2 Å². The van der Waals surface area contributed by atoms with E-state index < -0.39 is 0 Å². The maximum absolute atomic E-state index is 12.3. The Kier molecular flexibility index (Phi) is 5.19. The number of Topliss-reactive ketones (excluding diaryl/α,β-unsaturated/α-hetero) is 1. The molecule has 1 saturated carbocycles. The van der Waals surface area contributed by atoms with Crippen LogP contribution in [0.5, 0.6) is 0 Å². The molecule has 0 amide bonds. The number of aliphatic hydroxyl groups excluding tert-OH is 1. The highest BCUT2D eigenvalue weighted by Gasteiger charge is 2.36. The summed E-state index contributed by atoms with van der Waals surface area (Å²) in [5.74, 6) is 0.700. The molecule has 0 aromatic rings. The summed E-state index contributed by atoms with van der Waals surface area (Å²) in [6.45, 7) is 2.93. The number of ether oxygens (including phenoxy) is 1. The molecule has 4 unspecified atom stereocenters. The molecule has 1 aliphatic carbocycles. The molecule has 1 heterocycles. The first-order chi connectivity index (χ1) is 8.70. The lowest BCUT2D eigenvalue weighted by Crippen LogP contribution is -2.22. The van der Waals surface area contributed by atoms with Gasteiger partial charge in [-0.3, -0.25) is 4.79 Å². The molecule has 1 N–H and O–H groups in total. The van der Waals surface area contributed by atoms with Crippen molar-refractivity contribution in [3.8, 4) is 0 Å².